The van der Waals surface area contributed by atoms with Crippen LogP contribution in [-0.4, -0.2) is 77.0 Å². The van der Waals surface area contributed by atoms with Gasteiger partial charge < -0.3 is 25.0 Å². The first-order valence-electron chi connectivity index (χ1n) is 14.2. The minimum absolute atomic E-state index is 0.0306. The molecule has 2 aromatic heterocycles. The van der Waals surface area contributed by atoms with Crippen LogP contribution < -0.4 is 20.3 Å². The lowest BCUT2D eigenvalue weighted by Gasteiger charge is -2.30. The van der Waals surface area contributed by atoms with Gasteiger partial charge in [-0.15, -0.1) is 0 Å². The van der Waals surface area contributed by atoms with Crippen molar-refractivity contribution in [2.45, 2.75) is 57.1 Å². The molecule has 0 atom stereocenters. The molecule has 2 N–H and O–H groups in total. The number of para-hydroxylation sites is 2. The number of ether oxygens (including phenoxy) is 2. The third-order valence-corrected chi connectivity index (χ3v) is 7.72. The van der Waals surface area contributed by atoms with Gasteiger partial charge in [-0.3, -0.25) is 9.36 Å². The maximum absolute atomic E-state index is 14.1. The molecule has 6 rings (SSSR count). The van der Waals surface area contributed by atoms with E-state index in [0.29, 0.717) is 55.7 Å². The Morgan fingerprint density at radius 2 is 1.82 bits per heavy atom. The molecule has 1 amide bonds. The number of anilines is 1. The molecule has 3 fully saturated rings. The SMILES string of the molecule is O=C(CNCC1CC1)N[C@H]1CC[C@H](Oc2cc(-n3c(C(F)F)nc4ccccc43)nc(N3CCOCC3)n2)CC1. The molecular weight excluding hydrogens is 520 g/mol. The van der Waals surface area contributed by atoms with Gasteiger partial charge in [0.15, 0.2) is 5.82 Å². The molecule has 3 aromatic rings. The normalized spacial score (nSPS) is 21.6. The topological polar surface area (TPSA) is 106 Å². The van der Waals surface area contributed by atoms with Crippen molar-refractivity contribution in [1.82, 2.24) is 30.2 Å². The lowest BCUT2D eigenvalue weighted by molar-refractivity contribution is -0.121. The van der Waals surface area contributed by atoms with E-state index in [9.17, 15) is 13.6 Å². The van der Waals surface area contributed by atoms with E-state index in [1.54, 1.807) is 30.3 Å². The summed E-state index contributed by atoms with van der Waals surface area (Å²) >= 11 is 0. The maximum Gasteiger partial charge on any atom is 0.296 e. The van der Waals surface area contributed by atoms with Gasteiger partial charge in [-0.25, -0.2) is 13.8 Å². The van der Waals surface area contributed by atoms with Crippen LogP contribution in [0.1, 0.15) is 50.8 Å². The Morgan fingerprint density at radius 1 is 1.05 bits per heavy atom. The van der Waals surface area contributed by atoms with Crippen molar-refractivity contribution < 1.29 is 23.0 Å². The summed E-state index contributed by atoms with van der Waals surface area (Å²) in [6.07, 6.45) is 2.73. The van der Waals surface area contributed by atoms with E-state index < -0.39 is 6.43 Å². The maximum atomic E-state index is 14.1. The fourth-order valence-corrected chi connectivity index (χ4v) is 5.40. The van der Waals surface area contributed by atoms with Gasteiger partial charge in [-0.2, -0.15) is 9.97 Å². The average molecular weight is 556 g/mol. The molecule has 2 saturated carbocycles. The highest BCUT2D eigenvalue weighted by atomic mass is 19.3. The highest BCUT2D eigenvalue weighted by Gasteiger charge is 2.27. The van der Waals surface area contributed by atoms with Gasteiger partial charge in [0.05, 0.1) is 30.8 Å². The monoisotopic (exact) mass is 555 g/mol. The lowest BCUT2D eigenvalue weighted by Crippen LogP contribution is -2.43. The first kappa shape index (κ1) is 26.8. The zero-order valence-corrected chi connectivity index (χ0v) is 22.4. The number of fused-ring (bicyclic) bond motifs is 1. The van der Waals surface area contributed by atoms with E-state index in [0.717, 1.165) is 38.1 Å². The molecule has 0 radical (unpaired) electrons. The van der Waals surface area contributed by atoms with Crippen molar-refractivity contribution in [3.63, 3.8) is 0 Å². The summed E-state index contributed by atoms with van der Waals surface area (Å²) < 4.78 is 41.4. The second kappa shape index (κ2) is 12.0. The van der Waals surface area contributed by atoms with Gasteiger partial charge in [0.2, 0.25) is 17.7 Å². The summed E-state index contributed by atoms with van der Waals surface area (Å²) in [5, 5.41) is 6.36. The van der Waals surface area contributed by atoms with Crippen LogP contribution in [0.25, 0.3) is 16.9 Å². The quantitative estimate of drug-likeness (QED) is 0.392. The number of halogens is 2. The molecular formula is C28H35F2N7O3. The summed E-state index contributed by atoms with van der Waals surface area (Å²) in [6, 6.07) is 8.75. The van der Waals surface area contributed by atoms with Crippen molar-refractivity contribution in [3.8, 4) is 11.7 Å². The molecule has 214 valence electrons. The number of imidazole rings is 1. The smallest absolute Gasteiger partial charge is 0.296 e. The average Bonchev–Trinajstić information content (AvgIpc) is 3.71. The molecule has 3 aliphatic rings. The molecule has 1 saturated heterocycles. The van der Waals surface area contributed by atoms with Crippen LogP contribution in [0.3, 0.4) is 0 Å². The van der Waals surface area contributed by atoms with Gasteiger partial charge in [0, 0.05) is 25.2 Å². The third-order valence-electron chi connectivity index (χ3n) is 7.72. The number of benzene rings is 1. The Morgan fingerprint density at radius 3 is 2.58 bits per heavy atom. The summed E-state index contributed by atoms with van der Waals surface area (Å²) in [5.74, 6) is 1.43. The van der Waals surface area contributed by atoms with Crippen molar-refractivity contribution >= 4 is 22.9 Å². The van der Waals surface area contributed by atoms with Crippen molar-refractivity contribution in [2.75, 3.05) is 44.3 Å². The van der Waals surface area contributed by atoms with E-state index in [-0.39, 0.29) is 29.7 Å². The molecule has 1 aliphatic heterocycles. The van der Waals surface area contributed by atoms with Gasteiger partial charge in [0.25, 0.3) is 6.43 Å². The van der Waals surface area contributed by atoms with Crippen LogP contribution >= 0.6 is 0 Å². The molecule has 1 aromatic carbocycles. The van der Waals surface area contributed by atoms with Gasteiger partial charge in [0.1, 0.15) is 11.9 Å². The third kappa shape index (κ3) is 6.33. The standard InChI is InChI=1S/C28H35F2N7O3/c29-26(30)27-33-21-3-1-2-4-22(21)37(27)23-15-25(35-28(34-23)36-11-13-39-14-12-36)40-20-9-7-19(8-10-20)32-24(38)17-31-16-18-5-6-18/h1-4,15,18-20,26,31H,5-14,16-17H2,(H,32,38)/t19-,20-. The summed E-state index contributed by atoms with van der Waals surface area (Å²) in [5.41, 5.74) is 1.01. The number of carbonyl (C=O) groups excluding carboxylic acids is 1. The Bertz CT molecular complexity index is 1320. The van der Waals surface area contributed by atoms with Crippen LogP contribution in [0, 0.1) is 5.92 Å². The van der Waals surface area contributed by atoms with Crippen LogP contribution in [-0.2, 0) is 9.53 Å². The van der Waals surface area contributed by atoms with E-state index in [4.69, 9.17) is 9.47 Å². The number of hydrogen-bond donors (Lipinski definition) is 2. The molecule has 2 aliphatic carbocycles. The fraction of sp³-hybridized carbons (Fsp3) is 0.571. The summed E-state index contributed by atoms with van der Waals surface area (Å²) in [6.45, 7) is 3.52. The number of hydrogen-bond acceptors (Lipinski definition) is 8. The summed E-state index contributed by atoms with van der Waals surface area (Å²) in [4.78, 5) is 27.8. The molecule has 0 spiro atoms. The second-order valence-electron chi connectivity index (χ2n) is 10.8. The number of carbonyl (C=O) groups is 1. The fourth-order valence-electron chi connectivity index (χ4n) is 5.40. The van der Waals surface area contributed by atoms with Gasteiger partial charge in [-0.05, 0) is 63.1 Å². The number of morpholine rings is 1. The Kier molecular flexibility index (Phi) is 8.05. The zero-order valence-electron chi connectivity index (χ0n) is 22.4. The highest BCUT2D eigenvalue weighted by Crippen LogP contribution is 2.31. The van der Waals surface area contributed by atoms with E-state index in [1.165, 1.54) is 17.4 Å². The molecule has 0 bridgehead atoms. The number of rotatable bonds is 10. The molecule has 0 unspecified atom stereocenters. The van der Waals surface area contributed by atoms with E-state index in [2.05, 4.69) is 25.6 Å². The number of aromatic nitrogens is 4. The zero-order chi connectivity index (χ0) is 27.5. The highest BCUT2D eigenvalue weighted by molar-refractivity contribution is 5.78. The van der Waals surface area contributed by atoms with Crippen LogP contribution in [0.15, 0.2) is 30.3 Å². The lowest BCUT2D eigenvalue weighted by atomic mass is 9.93. The first-order chi connectivity index (χ1) is 19.5. The van der Waals surface area contributed by atoms with E-state index >= 15 is 0 Å². The van der Waals surface area contributed by atoms with Crippen LogP contribution in [0.4, 0.5) is 14.7 Å². The Labute approximate surface area is 231 Å². The summed E-state index contributed by atoms with van der Waals surface area (Å²) in [7, 11) is 0. The minimum Gasteiger partial charge on any atom is -0.474 e. The number of nitrogens with one attached hydrogen (secondary N) is 2. The predicted molar refractivity (Wildman–Crippen MR) is 145 cm³/mol. The Hall–Kier alpha value is -3.38. The predicted octanol–water partition coefficient (Wildman–Crippen LogP) is 3.40. The Balaban J connectivity index is 1.18. The van der Waals surface area contributed by atoms with E-state index in [1.807, 2.05) is 4.90 Å². The molecule has 3 heterocycles. The first-order valence-corrected chi connectivity index (χ1v) is 14.2. The van der Waals surface area contributed by atoms with Crippen molar-refractivity contribution in [1.29, 1.82) is 0 Å². The van der Waals surface area contributed by atoms with Gasteiger partial charge >= 0.3 is 0 Å². The largest absolute Gasteiger partial charge is 0.474 e. The second-order valence-corrected chi connectivity index (χ2v) is 10.8. The number of nitrogens with zero attached hydrogens (tertiary/aromatic N) is 5. The van der Waals surface area contributed by atoms with Crippen molar-refractivity contribution in [3.05, 3.63) is 36.2 Å². The minimum atomic E-state index is -2.78. The van der Waals surface area contributed by atoms with Crippen LogP contribution in [0.5, 0.6) is 5.88 Å². The number of alkyl halides is 2. The molecule has 10 nitrogen and oxygen atoms in total. The molecule has 40 heavy (non-hydrogen) atoms. The number of amides is 1. The van der Waals surface area contributed by atoms with Crippen molar-refractivity contribution in [2.24, 2.45) is 5.92 Å². The van der Waals surface area contributed by atoms with Crippen LogP contribution in [0.2, 0.25) is 0 Å². The van der Waals surface area contributed by atoms with Gasteiger partial charge in [-0.1, -0.05) is 12.1 Å². The molecule has 12 heteroatoms.